The molecule has 0 unspecified atom stereocenters. The molecular formula is C52H58N4O12. The fourth-order valence-electron chi connectivity index (χ4n) is 7.27. The first-order valence-electron chi connectivity index (χ1n) is 22.6. The molecule has 358 valence electrons. The van der Waals surface area contributed by atoms with E-state index in [1.54, 1.807) is 112 Å². The molecule has 0 saturated carbocycles. The maximum absolute atomic E-state index is 13.8. The molecule has 16 nitrogen and oxygen atoms in total. The average molecular weight is 931 g/mol. The van der Waals surface area contributed by atoms with Crippen LogP contribution in [-0.4, -0.2) is 72.5 Å². The number of rotatable bonds is 26. The number of amides is 4. The quantitative estimate of drug-likeness (QED) is 0.0161. The van der Waals surface area contributed by atoms with Crippen LogP contribution in [-0.2, 0) is 46.7 Å². The fourth-order valence-corrected chi connectivity index (χ4v) is 7.27. The molecule has 5 aromatic rings. The summed E-state index contributed by atoms with van der Waals surface area (Å²) in [6.45, 7) is 7.07. The molecule has 3 N–H and O–H groups in total. The second-order valence-electron chi connectivity index (χ2n) is 15.7. The first-order chi connectivity index (χ1) is 33.0. The number of ether oxygens (including phenoxy) is 3. The van der Waals surface area contributed by atoms with Gasteiger partial charge in [0.25, 0.3) is 11.8 Å². The largest absolute Gasteiger partial charge is 0.493 e. The van der Waals surface area contributed by atoms with Gasteiger partial charge in [-0.3, -0.25) is 24.0 Å². The summed E-state index contributed by atoms with van der Waals surface area (Å²) in [6, 6.07) is 30.2. The van der Waals surface area contributed by atoms with Crippen molar-refractivity contribution in [1.29, 1.82) is 0 Å². The minimum Gasteiger partial charge on any atom is -0.493 e. The predicted octanol–water partition coefficient (Wildman–Crippen LogP) is 7.64. The van der Waals surface area contributed by atoms with E-state index < -0.39 is 60.1 Å². The molecule has 0 aliphatic heterocycles. The third-order valence-electron chi connectivity index (χ3n) is 10.9. The van der Waals surface area contributed by atoms with Gasteiger partial charge in [0.15, 0.2) is 5.76 Å². The summed E-state index contributed by atoms with van der Waals surface area (Å²) in [4.78, 5) is 97.9. The number of benzene rings is 4. The van der Waals surface area contributed by atoms with Gasteiger partial charge in [-0.2, -0.15) is 5.06 Å². The number of hydroxylamine groups is 2. The van der Waals surface area contributed by atoms with E-state index in [9.17, 15) is 33.6 Å². The lowest BCUT2D eigenvalue weighted by molar-refractivity contribution is -0.171. The molecule has 1 heterocycles. The van der Waals surface area contributed by atoms with E-state index in [1.165, 1.54) is 12.1 Å². The van der Waals surface area contributed by atoms with Crippen LogP contribution in [0.15, 0.2) is 120 Å². The van der Waals surface area contributed by atoms with E-state index in [1.807, 2.05) is 19.1 Å². The zero-order valence-electron chi connectivity index (χ0n) is 38.7. The van der Waals surface area contributed by atoms with Crippen molar-refractivity contribution >= 4 is 42.0 Å². The van der Waals surface area contributed by atoms with Crippen LogP contribution in [0.2, 0.25) is 0 Å². The third kappa shape index (κ3) is 14.9. The fraction of sp³-hybridized carbons (Fsp3) is 0.327. The van der Waals surface area contributed by atoms with E-state index in [2.05, 4.69) is 16.0 Å². The molecule has 5 rings (SSSR count). The van der Waals surface area contributed by atoms with Crippen LogP contribution in [0.1, 0.15) is 107 Å². The van der Waals surface area contributed by atoms with Crippen LogP contribution in [0, 0.1) is 12.8 Å². The second kappa shape index (κ2) is 26.4. The smallest absolute Gasteiger partial charge is 0.363 e. The molecule has 0 aliphatic carbocycles. The van der Waals surface area contributed by atoms with Crippen LogP contribution < -0.4 is 20.7 Å². The van der Waals surface area contributed by atoms with Crippen LogP contribution in [0.25, 0.3) is 11.3 Å². The summed E-state index contributed by atoms with van der Waals surface area (Å²) < 4.78 is 22.6. The first kappa shape index (κ1) is 51.2. The van der Waals surface area contributed by atoms with Crippen molar-refractivity contribution < 1.29 is 57.0 Å². The van der Waals surface area contributed by atoms with Gasteiger partial charge in [-0.25, -0.2) is 9.59 Å². The summed E-state index contributed by atoms with van der Waals surface area (Å²) in [7, 11) is 0. The SMILES string of the molecule is CCCCC[C@@H](C(=O)NCNC(=O)c1ccc(-c2ccc(C(=O)N[C@@H](CC(=O)OCc3ccccc3)C(=O)OCc3ccccc3)c(OCC)c2)o1)[C@@H](CC)N(C=O)OC(=O)c1ccccc1C. The lowest BCUT2D eigenvalue weighted by Gasteiger charge is -2.32. The van der Waals surface area contributed by atoms with Crippen molar-refractivity contribution in [3.05, 3.63) is 149 Å². The van der Waals surface area contributed by atoms with Gasteiger partial charge in [-0.05, 0) is 73.7 Å². The Morgan fingerprint density at radius 3 is 2.06 bits per heavy atom. The van der Waals surface area contributed by atoms with Crippen LogP contribution in [0.5, 0.6) is 5.75 Å². The van der Waals surface area contributed by atoms with Gasteiger partial charge in [0, 0.05) is 5.56 Å². The van der Waals surface area contributed by atoms with Crippen molar-refractivity contribution in [3.8, 4) is 17.1 Å². The molecule has 0 bridgehead atoms. The number of aryl methyl sites for hydroxylation is 1. The first-order valence-corrected chi connectivity index (χ1v) is 22.6. The summed E-state index contributed by atoms with van der Waals surface area (Å²) in [5, 5.41) is 8.87. The zero-order chi connectivity index (χ0) is 48.8. The molecule has 1 aromatic heterocycles. The molecule has 3 atom stereocenters. The number of hydrogen-bond acceptors (Lipinski definition) is 12. The lowest BCUT2D eigenvalue weighted by atomic mass is 9.90. The number of esters is 2. The Morgan fingerprint density at radius 1 is 0.735 bits per heavy atom. The second-order valence-corrected chi connectivity index (χ2v) is 15.7. The number of hydrogen-bond donors (Lipinski definition) is 3. The standard InChI is InChI=1S/C52H58N4O12/c1-5-8-11-24-40(43(6-2)56(34-57)68-51(62)39-23-17-16-18-35(39)4)48(59)53-33-54-50(61)45-28-27-44(67-45)38-25-26-41(46(29-38)64-7-3)49(60)55-42(52(63)66-32-37-21-14-10-15-22-37)30-47(58)65-31-36-19-12-9-13-20-36/h9-10,12-23,25-29,34,40,42-43H,5-8,11,24,30-33H2,1-4H3,(H,53,59)(H,54,61)(H,55,60)/t40-,42+,43-/m1/s1. The monoisotopic (exact) mass is 930 g/mol. The molecule has 0 aliphatic rings. The predicted molar refractivity (Wildman–Crippen MR) is 250 cm³/mol. The molecular weight excluding hydrogens is 873 g/mol. The van der Waals surface area contributed by atoms with Gasteiger partial charge in [-0.1, -0.05) is 118 Å². The van der Waals surface area contributed by atoms with Crippen LogP contribution >= 0.6 is 0 Å². The third-order valence-corrected chi connectivity index (χ3v) is 10.9. The van der Waals surface area contributed by atoms with Crippen molar-refractivity contribution in [2.45, 2.75) is 91.5 Å². The van der Waals surface area contributed by atoms with E-state index in [0.29, 0.717) is 47.9 Å². The Kier molecular flexibility index (Phi) is 19.9. The van der Waals surface area contributed by atoms with Gasteiger partial charge in [-0.15, -0.1) is 0 Å². The molecule has 16 heteroatoms. The lowest BCUT2D eigenvalue weighted by Crippen LogP contribution is -2.49. The highest BCUT2D eigenvalue weighted by molar-refractivity contribution is 6.00. The van der Waals surface area contributed by atoms with Crippen molar-refractivity contribution in [3.63, 3.8) is 0 Å². The summed E-state index contributed by atoms with van der Waals surface area (Å²) >= 11 is 0. The Hall–Kier alpha value is -7.75. The average Bonchev–Trinajstić information content (AvgIpc) is 3.86. The maximum atomic E-state index is 13.8. The molecule has 4 aromatic carbocycles. The van der Waals surface area contributed by atoms with E-state index in [-0.39, 0.29) is 49.3 Å². The normalized spacial score (nSPS) is 12.1. The highest BCUT2D eigenvalue weighted by Gasteiger charge is 2.34. The maximum Gasteiger partial charge on any atom is 0.363 e. The number of nitrogens with one attached hydrogen (secondary N) is 3. The van der Waals surface area contributed by atoms with E-state index >= 15 is 0 Å². The summed E-state index contributed by atoms with van der Waals surface area (Å²) in [5.41, 5.74) is 2.92. The van der Waals surface area contributed by atoms with Gasteiger partial charge < -0.3 is 39.4 Å². The highest BCUT2D eigenvalue weighted by atomic mass is 16.7. The zero-order valence-corrected chi connectivity index (χ0v) is 38.7. The Balaban J connectivity index is 1.23. The summed E-state index contributed by atoms with van der Waals surface area (Å²) in [5.74, 6) is -4.55. The highest BCUT2D eigenvalue weighted by Crippen LogP contribution is 2.30. The van der Waals surface area contributed by atoms with Crippen molar-refractivity contribution in [2.24, 2.45) is 5.92 Å². The molecule has 0 saturated heterocycles. The van der Waals surface area contributed by atoms with Crippen molar-refractivity contribution in [2.75, 3.05) is 13.3 Å². The summed E-state index contributed by atoms with van der Waals surface area (Å²) in [6.07, 6.45) is 3.01. The minimum atomic E-state index is -1.40. The van der Waals surface area contributed by atoms with Crippen LogP contribution in [0.4, 0.5) is 0 Å². The van der Waals surface area contributed by atoms with Crippen LogP contribution in [0.3, 0.4) is 0 Å². The van der Waals surface area contributed by atoms with Gasteiger partial charge >= 0.3 is 17.9 Å². The topological polar surface area (TPSA) is 209 Å². The number of nitrogens with zero attached hydrogens (tertiary/aromatic N) is 1. The number of carbonyl (C=O) groups is 7. The molecule has 0 fully saturated rings. The Bertz CT molecular complexity index is 2470. The number of unbranched alkanes of at least 4 members (excludes halogenated alkanes) is 2. The molecule has 0 radical (unpaired) electrons. The number of carbonyl (C=O) groups excluding carboxylic acids is 7. The van der Waals surface area contributed by atoms with Gasteiger partial charge in [0.05, 0.1) is 42.8 Å². The Morgan fingerprint density at radius 2 is 1.41 bits per heavy atom. The molecule has 4 amide bonds. The number of furan rings is 1. The minimum absolute atomic E-state index is 0.0272. The van der Waals surface area contributed by atoms with Gasteiger partial charge in [0.2, 0.25) is 12.3 Å². The van der Waals surface area contributed by atoms with E-state index in [0.717, 1.165) is 23.5 Å². The molecule has 68 heavy (non-hydrogen) atoms. The molecule has 0 spiro atoms. The van der Waals surface area contributed by atoms with E-state index in [4.69, 9.17) is 23.5 Å². The Labute approximate surface area is 395 Å². The van der Waals surface area contributed by atoms with Crippen molar-refractivity contribution in [1.82, 2.24) is 21.0 Å². The van der Waals surface area contributed by atoms with Gasteiger partial charge in [0.1, 0.15) is 30.8 Å².